The molecule has 0 aromatic heterocycles. The molecule has 2 N–H and O–H groups in total. The molecule has 8 heteroatoms. The number of hydrogen-bond donors (Lipinski definition) is 2. The van der Waals surface area contributed by atoms with Crippen molar-refractivity contribution in [1.82, 2.24) is 5.32 Å². The summed E-state index contributed by atoms with van der Waals surface area (Å²) in [5, 5.41) is 25.4. The van der Waals surface area contributed by atoms with Gasteiger partial charge in [-0.05, 0) is 55.2 Å². The van der Waals surface area contributed by atoms with E-state index in [1.807, 2.05) is 91.0 Å². The van der Waals surface area contributed by atoms with Crippen molar-refractivity contribution in [2.45, 2.75) is 44.1 Å². The Morgan fingerprint density at radius 3 is 1.63 bits per heavy atom. The monoisotopic (exact) mass is 554 g/mol. The number of carbonyl (C=O) groups is 1. The van der Waals surface area contributed by atoms with Crippen LogP contribution in [0.2, 0.25) is 0 Å². The lowest BCUT2D eigenvalue weighted by Crippen LogP contribution is -2.47. The van der Waals surface area contributed by atoms with Gasteiger partial charge in [-0.3, -0.25) is 10.1 Å². The molecule has 4 aromatic rings. The minimum Gasteiger partial charge on any atom is -0.444 e. The minimum atomic E-state index is -1.26. The van der Waals surface area contributed by atoms with Crippen molar-refractivity contribution in [2.24, 2.45) is 0 Å². The van der Waals surface area contributed by atoms with Gasteiger partial charge in [-0.2, -0.15) is 0 Å². The maximum Gasteiger partial charge on any atom is 0.408 e. The standard InChI is InChI=1S/C33H34N2O6/c1-32(2,3)41-31(37)34-29(30(36)24-19-21-28(22-20-24)35(38)39)23-40-33(25-13-7-4-8-14-25,26-15-9-5-10-16-26)27-17-11-6-12-18-27/h4-22,29-30,36H,23H2,1-3H3,(H,34,37)/t29-,30-/m0/s1. The van der Waals surface area contributed by atoms with Crippen LogP contribution >= 0.6 is 0 Å². The summed E-state index contributed by atoms with van der Waals surface area (Å²) >= 11 is 0. The largest absolute Gasteiger partial charge is 0.444 e. The van der Waals surface area contributed by atoms with E-state index in [4.69, 9.17) is 9.47 Å². The van der Waals surface area contributed by atoms with Crippen LogP contribution in [0.1, 0.15) is 49.1 Å². The summed E-state index contributed by atoms with van der Waals surface area (Å²) in [4.78, 5) is 23.5. The summed E-state index contributed by atoms with van der Waals surface area (Å²) in [5.41, 5.74) is 0.993. The second-order valence-corrected chi connectivity index (χ2v) is 10.6. The molecule has 212 valence electrons. The maximum absolute atomic E-state index is 12.9. The van der Waals surface area contributed by atoms with Crippen LogP contribution in [0, 0.1) is 10.1 Å². The first kappa shape index (κ1) is 29.5. The van der Waals surface area contributed by atoms with Crippen molar-refractivity contribution in [2.75, 3.05) is 6.61 Å². The molecule has 4 rings (SSSR count). The third kappa shape index (κ3) is 7.16. The fourth-order valence-electron chi connectivity index (χ4n) is 4.68. The summed E-state index contributed by atoms with van der Waals surface area (Å²) < 4.78 is 12.3. The Balaban J connectivity index is 1.77. The third-order valence-electron chi connectivity index (χ3n) is 6.55. The first-order valence-electron chi connectivity index (χ1n) is 13.3. The molecule has 0 spiro atoms. The molecule has 8 nitrogen and oxygen atoms in total. The third-order valence-corrected chi connectivity index (χ3v) is 6.55. The number of hydrogen-bond acceptors (Lipinski definition) is 6. The highest BCUT2D eigenvalue weighted by Crippen LogP contribution is 2.41. The van der Waals surface area contributed by atoms with Crippen molar-refractivity contribution < 1.29 is 24.3 Å². The van der Waals surface area contributed by atoms with Crippen molar-refractivity contribution in [1.29, 1.82) is 0 Å². The lowest BCUT2D eigenvalue weighted by Gasteiger charge is -2.38. The Morgan fingerprint density at radius 1 is 0.805 bits per heavy atom. The van der Waals surface area contributed by atoms with Gasteiger partial charge in [-0.25, -0.2) is 4.79 Å². The highest BCUT2D eigenvalue weighted by atomic mass is 16.6. The summed E-state index contributed by atoms with van der Waals surface area (Å²) in [5.74, 6) is 0. The van der Waals surface area contributed by atoms with Crippen LogP contribution in [0.25, 0.3) is 0 Å². The van der Waals surface area contributed by atoms with Crippen molar-refractivity contribution >= 4 is 11.8 Å². The fourth-order valence-corrected chi connectivity index (χ4v) is 4.68. The lowest BCUT2D eigenvalue weighted by molar-refractivity contribution is -0.384. The van der Waals surface area contributed by atoms with Crippen molar-refractivity contribution in [3.8, 4) is 0 Å². The topological polar surface area (TPSA) is 111 Å². The number of nitro groups is 1. The van der Waals surface area contributed by atoms with E-state index in [-0.39, 0.29) is 12.3 Å². The Labute approximate surface area is 239 Å². The number of alkyl carbamates (subject to hydrolysis) is 1. The molecule has 0 bridgehead atoms. The van der Waals surface area contributed by atoms with Gasteiger partial charge in [0.2, 0.25) is 0 Å². The number of nitrogens with one attached hydrogen (secondary N) is 1. The van der Waals surface area contributed by atoms with Crippen LogP contribution in [-0.2, 0) is 15.1 Å². The van der Waals surface area contributed by atoms with Gasteiger partial charge in [-0.15, -0.1) is 0 Å². The summed E-state index contributed by atoms with van der Waals surface area (Å²) in [6.07, 6.45) is -1.99. The van der Waals surface area contributed by atoms with E-state index in [2.05, 4.69) is 5.32 Å². The predicted octanol–water partition coefficient (Wildman–Crippen LogP) is 6.53. The first-order valence-corrected chi connectivity index (χ1v) is 13.3. The Hall–Kier alpha value is -4.53. The number of ether oxygens (including phenoxy) is 2. The molecule has 4 aromatic carbocycles. The highest BCUT2D eigenvalue weighted by Gasteiger charge is 2.39. The second kappa shape index (κ2) is 12.8. The molecule has 0 aliphatic carbocycles. The fraction of sp³-hybridized carbons (Fsp3) is 0.242. The molecule has 0 heterocycles. The molecular formula is C33H34N2O6. The van der Waals surface area contributed by atoms with Gasteiger partial charge < -0.3 is 19.9 Å². The Kier molecular flexibility index (Phi) is 9.17. The molecule has 0 radical (unpaired) electrons. The van der Waals surface area contributed by atoms with E-state index in [9.17, 15) is 20.0 Å². The second-order valence-electron chi connectivity index (χ2n) is 10.6. The quantitative estimate of drug-likeness (QED) is 0.131. The van der Waals surface area contributed by atoms with Crippen LogP contribution in [0.5, 0.6) is 0 Å². The summed E-state index contributed by atoms with van der Waals surface area (Å²) in [6, 6.07) is 33.8. The number of benzene rings is 4. The number of non-ortho nitro benzene ring substituents is 1. The zero-order valence-corrected chi connectivity index (χ0v) is 23.3. The summed E-state index contributed by atoms with van der Waals surface area (Å²) in [7, 11) is 0. The zero-order chi connectivity index (χ0) is 29.5. The molecule has 0 aliphatic heterocycles. The van der Waals surface area contributed by atoms with Gasteiger partial charge in [-0.1, -0.05) is 91.0 Å². The van der Waals surface area contributed by atoms with Crippen LogP contribution in [0.15, 0.2) is 115 Å². The van der Waals surface area contributed by atoms with Gasteiger partial charge in [0.15, 0.2) is 0 Å². The molecular weight excluding hydrogens is 520 g/mol. The molecule has 0 fully saturated rings. The van der Waals surface area contributed by atoms with Crippen molar-refractivity contribution in [3.63, 3.8) is 0 Å². The van der Waals surface area contributed by atoms with E-state index >= 15 is 0 Å². The Bertz CT molecular complexity index is 1330. The number of aliphatic hydroxyl groups excluding tert-OH is 1. The predicted molar refractivity (Wildman–Crippen MR) is 156 cm³/mol. The summed E-state index contributed by atoms with van der Waals surface area (Å²) in [6.45, 7) is 5.11. The Morgan fingerprint density at radius 2 is 1.24 bits per heavy atom. The number of nitro benzene ring substituents is 1. The maximum atomic E-state index is 12.9. The molecule has 0 saturated carbocycles. The number of nitrogens with zero attached hydrogens (tertiary/aromatic N) is 1. The van der Waals surface area contributed by atoms with E-state index in [1.54, 1.807) is 20.8 Å². The van der Waals surface area contributed by atoms with Crippen LogP contribution in [0.3, 0.4) is 0 Å². The highest BCUT2D eigenvalue weighted by molar-refractivity contribution is 5.68. The smallest absolute Gasteiger partial charge is 0.408 e. The van der Waals surface area contributed by atoms with E-state index in [1.165, 1.54) is 24.3 Å². The number of aliphatic hydroxyl groups is 1. The normalized spacial score (nSPS) is 13.2. The number of rotatable bonds is 10. The van der Waals surface area contributed by atoms with Gasteiger partial charge >= 0.3 is 6.09 Å². The molecule has 0 saturated heterocycles. The molecule has 2 atom stereocenters. The number of carbonyl (C=O) groups excluding carboxylic acids is 1. The van der Waals surface area contributed by atoms with Gasteiger partial charge in [0, 0.05) is 12.1 Å². The van der Waals surface area contributed by atoms with E-state index in [0.717, 1.165) is 16.7 Å². The van der Waals surface area contributed by atoms with Gasteiger partial charge in [0.1, 0.15) is 17.3 Å². The lowest BCUT2D eigenvalue weighted by atomic mass is 9.80. The SMILES string of the molecule is CC(C)(C)OC(=O)N[C@@H](COC(c1ccccc1)(c1ccccc1)c1ccccc1)[C@@H](O)c1ccc([N+](=O)[O-])cc1. The van der Waals surface area contributed by atoms with Gasteiger partial charge in [0.25, 0.3) is 5.69 Å². The van der Waals surface area contributed by atoms with Crippen LogP contribution in [0.4, 0.5) is 10.5 Å². The first-order chi connectivity index (χ1) is 19.6. The van der Waals surface area contributed by atoms with Gasteiger partial charge in [0.05, 0.1) is 17.6 Å². The van der Waals surface area contributed by atoms with E-state index in [0.29, 0.717) is 5.56 Å². The zero-order valence-electron chi connectivity index (χ0n) is 23.3. The average molecular weight is 555 g/mol. The number of amides is 1. The molecule has 0 unspecified atom stereocenters. The van der Waals surface area contributed by atoms with E-state index < -0.39 is 34.4 Å². The molecule has 1 amide bonds. The molecule has 0 aliphatic rings. The minimum absolute atomic E-state index is 0.106. The average Bonchev–Trinajstić information content (AvgIpc) is 2.97. The van der Waals surface area contributed by atoms with Crippen LogP contribution < -0.4 is 5.32 Å². The molecule has 41 heavy (non-hydrogen) atoms. The van der Waals surface area contributed by atoms with Crippen LogP contribution in [-0.4, -0.2) is 34.4 Å². The van der Waals surface area contributed by atoms with Crippen molar-refractivity contribution in [3.05, 3.63) is 148 Å².